The van der Waals surface area contributed by atoms with E-state index in [9.17, 15) is 9.50 Å². The van der Waals surface area contributed by atoms with Gasteiger partial charge in [-0.2, -0.15) is 5.10 Å². The van der Waals surface area contributed by atoms with Crippen molar-refractivity contribution in [1.82, 2.24) is 9.78 Å². The van der Waals surface area contributed by atoms with E-state index in [1.54, 1.807) is 23.0 Å². The Hall–Kier alpha value is -1.92. The monoisotopic (exact) mass is 319 g/mol. The quantitative estimate of drug-likeness (QED) is 0.909. The highest BCUT2D eigenvalue weighted by Gasteiger charge is 2.36. The molecule has 2 heterocycles. The largest absolute Gasteiger partial charge is 0.388 e. The third-order valence-corrected chi connectivity index (χ3v) is 4.62. The van der Waals surface area contributed by atoms with E-state index in [0.29, 0.717) is 26.1 Å². The van der Waals surface area contributed by atoms with E-state index in [-0.39, 0.29) is 11.9 Å². The molecule has 2 N–H and O–H groups in total. The molecule has 1 aromatic carbocycles. The molecule has 3 rings (SSSR count). The molecule has 1 unspecified atom stereocenters. The number of ether oxygens (including phenoxy) is 1. The van der Waals surface area contributed by atoms with E-state index < -0.39 is 5.60 Å². The molecule has 5 nitrogen and oxygen atoms in total. The number of nitrogens with one attached hydrogen (secondary N) is 1. The Balaban J connectivity index is 1.78. The van der Waals surface area contributed by atoms with E-state index >= 15 is 0 Å². The maximum Gasteiger partial charge on any atom is 0.123 e. The predicted molar refractivity (Wildman–Crippen MR) is 86.3 cm³/mol. The van der Waals surface area contributed by atoms with Crippen molar-refractivity contribution in [3.63, 3.8) is 0 Å². The summed E-state index contributed by atoms with van der Waals surface area (Å²) in [6.07, 6.45) is 2.97. The molecule has 1 saturated heterocycles. The second-order valence-corrected chi connectivity index (χ2v) is 6.11. The zero-order valence-corrected chi connectivity index (χ0v) is 13.4. The molecule has 1 aliphatic heterocycles. The van der Waals surface area contributed by atoms with Crippen LogP contribution in [0.5, 0.6) is 0 Å². The summed E-state index contributed by atoms with van der Waals surface area (Å²) in [4.78, 5) is 0. The highest BCUT2D eigenvalue weighted by Crippen LogP contribution is 2.28. The van der Waals surface area contributed by atoms with Gasteiger partial charge in [0, 0.05) is 26.1 Å². The molecule has 1 atom stereocenters. The molecule has 0 bridgehead atoms. The van der Waals surface area contributed by atoms with Gasteiger partial charge in [-0.3, -0.25) is 0 Å². The van der Waals surface area contributed by atoms with Crippen molar-refractivity contribution in [1.29, 1.82) is 0 Å². The van der Waals surface area contributed by atoms with Crippen LogP contribution in [0.25, 0.3) is 5.69 Å². The first kappa shape index (κ1) is 16.0. The molecule has 23 heavy (non-hydrogen) atoms. The lowest BCUT2D eigenvalue weighted by Crippen LogP contribution is -2.49. The van der Waals surface area contributed by atoms with Gasteiger partial charge in [-0.25, -0.2) is 9.07 Å². The van der Waals surface area contributed by atoms with Crippen LogP contribution in [0.15, 0.2) is 30.5 Å². The summed E-state index contributed by atoms with van der Waals surface area (Å²) >= 11 is 0. The van der Waals surface area contributed by atoms with Crippen LogP contribution >= 0.6 is 0 Å². The SMILES string of the molecule is Cc1c(NC(C)C2(O)CCOCC2)cnn1-c1ccc(F)cc1. The second kappa shape index (κ2) is 6.29. The third kappa shape index (κ3) is 3.23. The summed E-state index contributed by atoms with van der Waals surface area (Å²) in [5, 5.41) is 18.5. The fourth-order valence-corrected chi connectivity index (χ4v) is 2.92. The lowest BCUT2D eigenvalue weighted by atomic mass is 9.87. The molecule has 0 aliphatic carbocycles. The number of benzene rings is 1. The van der Waals surface area contributed by atoms with Gasteiger partial charge in [-0.15, -0.1) is 0 Å². The average molecular weight is 319 g/mol. The molecule has 6 heteroatoms. The normalized spacial score (nSPS) is 18.6. The van der Waals surface area contributed by atoms with Crippen molar-refractivity contribution in [2.24, 2.45) is 0 Å². The molecule has 0 radical (unpaired) electrons. The van der Waals surface area contributed by atoms with Gasteiger partial charge in [0.05, 0.1) is 34.9 Å². The zero-order valence-electron chi connectivity index (χ0n) is 13.4. The Morgan fingerprint density at radius 3 is 2.61 bits per heavy atom. The summed E-state index contributed by atoms with van der Waals surface area (Å²) < 4.78 is 20.1. The Morgan fingerprint density at radius 1 is 1.30 bits per heavy atom. The molecule has 0 amide bonds. The van der Waals surface area contributed by atoms with Crippen LogP contribution in [-0.4, -0.2) is 39.7 Å². The number of nitrogens with zero attached hydrogens (tertiary/aromatic N) is 2. The van der Waals surface area contributed by atoms with Crippen LogP contribution in [0.2, 0.25) is 0 Å². The van der Waals surface area contributed by atoms with Crippen LogP contribution in [-0.2, 0) is 4.74 Å². The first-order valence-electron chi connectivity index (χ1n) is 7.87. The van der Waals surface area contributed by atoms with E-state index in [0.717, 1.165) is 17.1 Å². The topological polar surface area (TPSA) is 59.3 Å². The Morgan fingerprint density at radius 2 is 1.96 bits per heavy atom. The molecule has 0 saturated carbocycles. The molecular weight excluding hydrogens is 297 g/mol. The Kier molecular flexibility index (Phi) is 4.37. The number of aliphatic hydroxyl groups is 1. The van der Waals surface area contributed by atoms with Crippen molar-refractivity contribution in [3.05, 3.63) is 42.0 Å². The Labute approximate surface area is 135 Å². The summed E-state index contributed by atoms with van der Waals surface area (Å²) in [7, 11) is 0. The molecule has 1 fully saturated rings. The molecule has 0 spiro atoms. The minimum Gasteiger partial charge on any atom is -0.388 e. The molecule has 124 valence electrons. The van der Waals surface area contributed by atoms with Crippen LogP contribution in [0, 0.1) is 12.7 Å². The number of aromatic nitrogens is 2. The number of hydrogen-bond acceptors (Lipinski definition) is 4. The van der Waals surface area contributed by atoms with E-state index in [4.69, 9.17) is 4.74 Å². The van der Waals surface area contributed by atoms with Gasteiger partial charge in [0.2, 0.25) is 0 Å². The number of rotatable bonds is 4. The van der Waals surface area contributed by atoms with Crippen molar-refractivity contribution >= 4 is 5.69 Å². The lowest BCUT2D eigenvalue weighted by Gasteiger charge is -2.37. The highest BCUT2D eigenvalue weighted by atomic mass is 19.1. The molecular formula is C17H22FN3O2. The van der Waals surface area contributed by atoms with E-state index in [1.165, 1.54) is 12.1 Å². The lowest BCUT2D eigenvalue weighted by molar-refractivity contribution is -0.0711. The maximum atomic E-state index is 13.0. The fraction of sp³-hybridized carbons (Fsp3) is 0.471. The second-order valence-electron chi connectivity index (χ2n) is 6.11. The van der Waals surface area contributed by atoms with Gasteiger partial charge in [0.25, 0.3) is 0 Å². The summed E-state index contributed by atoms with van der Waals surface area (Å²) in [6, 6.07) is 6.09. The van der Waals surface area contributed by atoms with Crippen LogP contribution in [0.4, 0.5) is 10.1 Å². The van der Waals surface area contributed by atoms with Gasteiger partial charge in [-0.05, 0) is 38.1 Å². The van der Waals surface area contributed by atoms with Gasteiger partial charge in [-0.1, -0.05) is 0 Å². The van der Waals surface area contributed by atoms with Crippen LogP contribution in [0.1, 0.15) is 25.5 Å². The number of hydrogen-bond donors (Lipinski definition) is 2. The number of halogens is 1. The maximum absolute atomic E-state index is 13.0. The van der Waals surface area contributed by atoms with Crippen molar-refractivity contribution in [2.45, 2.75) is 38.3 Å². The molecule has 2 aromatic rings. The zero-order chi connectivity index (χ0) is 16.4. The number of anilines is 1. The van der Waals surface area contributed by atoms with Crippen molar-refractivity contribution in [3.8, 4) is 5.69 Å². The van der Waals surface area contributed by atoms with Gasteiger partial charge in [0.1, 0.15) is 5.82 Å². The Bertz CT molecular complexity index is 663. The third-order valence-electron chi connectivity index (χ3n) is 4.62. The smallest absolute Gasteiger partial charge is 0.123 e. The first-order chi connectivity index (χ1) is 11.0. The average Bonchev–Trinajstić information content (AvgIpc) is 2.90. The van der Waals surface area contributed by atoms with Gasteiger partial charge < -0.3 is 15.2 Å². The predicted octanol–water partition coefficient (Wildman–Crippen LogP) is 2.66. The summed E-state index contributed by atoms with van der Waals surface area (Å²) in [5.41, 5.74) is 1.80. The summed E-state index contributed by atoms with van der Waals surface area (Å²) in [6.45, 7) is 5.08. The van der Waals surface area contributed by atoms with E-state index in [1.807, 2.05) is 13.8 Å². The van der Waals surface area contributed by atoms with Crippen LogP contribution in [0.3, 0.4) is 0 Å². The van der Waals surface area contributed by atoms with Gasteiger partial charge in [0.15, 0.2) is 0 Å². The minimum absolute atomic E-state index is 0.115. The molecule has 1 aliphatic rings. The fourth-order valence-electron chi connectivity index (χ4n) is 2.92. The molecule has 1 aromatic heterocycles. The van der Waals surface area contributed by atoms with Crippen molar-refractivity contribution < 1.29 is 14.2 Å². The van der Waals surface area contributed by atoms with E-state index in [2.05, 4.69) is 10.4 Å². The minimum atomic E-state index is -0.775. The van der Waals surface area contributed by atoms with Gasteiger partial charge >= 0.3 is 0 Å². The standard InChI is InChI=1S/C17H22FN3O2/c1-12-16(20-13(2)17(22)7-9-23-10-8-17)11-19-21(12)15-5-3-14(18)4-6-15/h3-6,11,13,20,22H,7-10H2,1-2H3. The van der Waals surface area contributed by atoms with Crippen molar-refractivity contribution in [2.75, 3.05) is 18.5 Å². The van der Waals surface area contributed by atoms with Crippen LogP contribution < -0.4 is 5.32 Å². The first-order valence-corrected chi connectivity index (χ1v) is 7.87. The summed E-state index contributed by atoms with van der Waals surface area (Å²) in [5.74, 6) is -0.271. The highest BCUT2D eigenvalue weighted by molar-refractivity contribution is 5.50.